The SMILES string of the molecule is COC(=O)c1c(-c2ccc(C#N)o2)c(C(C)=O)c(C)n2c(N)c(C(C)=N)cc12. The van der Waals surface area contributed by atoms with Crippen molar-refractivity contribution in [2.24, 2.45) is 0 Å². The molecule has 0 amide bonds. The average Bonchev–Trinajstić information content (AvgIpc) is 3.25. The molecule has 3 aromatic heterocycles. The van der Waals surface area contributed by atoms with E-state index in [2.05, 4.69) is 0 Å². The van der Waals surface area contributed by atoms with Crippen molar-refractivity contribution < 1.29 is 18.7 Å². The number of methoxy groups -OCH3 is 1. The molecule has 0 aliphatic rings. The fourth-order valence-corrected chi connectivity index (χ4v) is 3.44. The molecule has 0 radical (unpaired) electrons. The molecule has 0 fully saturated rings. The van der Waals surface area contributed by atoms with Crippen LogP contribution in [0.15, 0.2) is 22.6 Å². The smallest absolute Gasteiger partial charge is 0.340 e. The number of ketones is 1. The van der Waals surface area contributed by atoms with Crippen molar-refractivity contribution in [3.8, 4) is 17.4 Å². The van der Waals surface area contributed by atoms with Gasteiger partial charge in [0.05, 0.1) is 18.2 Å². The number of ether oxygens (including phenoxy) is 1. The van der Waals surface area contributed by atoms with Crippen LogP contribution in [0.4, 0.5) is 5.82 Å². The monoisotopic (exact) mass is 378 g/mol. The van der Waals surface area contributed by atoms with Crippen LogP contribution in [-0.4, -0.2) is 29.0 Å². The number of rotatable bonds is 4. The Kier molecular flexibility index (Phi) is 4.53. The number of hydrogen-bond acceptors (Lipinski definition) is 7. The first-order valence-corrected chi connectivity index (χ1v) is 8.35. The summed E-state index contributed by atoms with van der Waals surface area (Å²) in [5.41, 5.74) is 8.30. The molecule has 0 aromatic carbocycles. The van der Waals surface area contributed by atoms with E-state index in [1.807, 2.05) is 6.07 Å². The topological polar surface area (TPSA) is 135 Å². The normalized spacial score (nSPS) is 10.7. The molecule has 0 aliphatic carbocycles. The van der Waals surface area contributed by atoms with E-state index < -0.39 is 5.97 Å². The van der Waals surface area contributed by atoms with E-state index in [0.29, 0.717) is 16.8 Å². The number of pyridine rings is 1. The number of fused-ring (bicyclic) bond motifs is 1. The van der Waals surface area contributed by atoms with Gasteiger partial charge in [0.15, 0.2) is 5.78 Å². The standard InChI is InChI=1S/C20H18N4O4/c1-9(22)13-7-14-17(20(26)27-4)18(15-6-5-12(8-21)28-15)16(11(3)25)10(2)24(14)19(13)23/h5-7,22H,23H2,1-4H3. The minimum absolute atomic E-state index is 0.0452. The van der Waals surface area contributed by atoms with Gasteiger partial charge in [-0.2, -0.15) is 5.26 Å². The van der Waals surface area contributed by atoms with Gasteiger partial charge in [-0.25, -0.2) is 4.79 Å². The lowest BCUT2D eigenvalue weighted by molar-refractivity contribution is 0.0603. The van der Waals surface area contributed by atoms with Crippen LogP contribution in [0.1, 0.15) is 51.6 Å². The van der Waals surface area contributed by atoms with Crippen molar-refractivity contribution in [2.45, 2.75) is 20.8 Å². The van der Waals surface area contributed by atoms with Crippen molar-refractivity contribution in [2.75, 3.05) is 12.8 Å². The van der Waals surface area contributed by atoms with E-state index >= 15 is 0 Å². The Morgan fingerprint density at radius 3 is 2.46 bits per heavy atom. The van der Waals surface area contributed by atoms with Crippen molar-refractivity contribution in [1.82, 2.24) is 4.40 Å². The predicted octanol–water partition coefficient (Wildman–Crippen LogP) is 3.34. The molecule has 3 heterocycles. The minimum Gasteiger partial charge on any atom is -0.465 e. The second-order valence-electron chi connectivity index (χ2n) is 6.32. The number of carbonyl (C=O) groups excluding carboxylic acids is 2. The molecule has 0 saturated carbocycles. The van der Waals surface area contributed by atoms with Crippen molar-refractivity contribution in [3.63, 3.8) is 0 Å². The molecule has 28 heavy (non-hydrogen) atoms. The molecule has 0 saturated heterocycles. The quantitative estimate of drug-likeness (QED) is 0.406. The van der Waals surface area contributed by atoms with E-state index in [-0.39, 0.29) is 45.5 Å². The number of nitrogens with one attached hydrogen (secondary N) is 1. The van der Waals surface area contributed by atoms with Crippen LogP contribution in [0.25, 0.3) is 16.8 Å². The van der Waals surface area contributed by atoms with Crippen molar-refractivity contribution in [3.05, 3.63) is 46.3 Å². The highest BCUT2D eigenvalue weighted by atomic mass is 16.5. The van der Waals surface area contributed by atoms with Gasteiger partial charge in [0.2, 0.25) is 5.76 Å². The zero-order valence-corrected chi connectivity index (χ0v) is 15.8. The van der Waals surface area contributed by atoms with Gasteiger partial charge in [0.1, 0.15) is 17.6 Å². The highest BCUT2D eigenvalue weighted by Crippen LogP contribution is 2.38. The number of Topliss-reactive ketones (excluding diaryl/α,β-unsaturated/α-hetero) is 1. The minimum atomic E-state index is -0.691. The molecule has 8 nitrogen and oxygen atoms in total. The summed E-state index contributed by atoms with van der Waals surface area (Å²) in [4.78, 5) is 25.3. The lowest BCUT2D eigenvalue weighted by atomic mass is 9.95. The predicted molar refractivity (Wildman–Crippen MR) is 103 cm³/mol. The van der Waals surface area contributed by atoms with Crippen LogP contribution in [-0.2, 0) is 4.74 Å². The number of nitrogens with two attached hydrogens (primary N) is 1. The fraction of sp³-hybridized carbons (Fsp3) is 0.200. The zero-order chi connectivity index (χ0) is 20.7. The highest BCUT2D eigenvalue weighted by molar-refractivity contribution is 6.13. The second kappa shape index (κ2) is 6.70. The second-order valence-corrected chi connectivity index (χ2v) is 6.32. The lowest BCUT2D eigenvalue weighted by Crippen LogP contribution is -2.14. The Morgan fingerprint density at radius 2 is 1.96 bits per heavy atom. The molecule has 142 valence electrons. The van der Waals surface area contributed by atoms with Gasteiger partial charge in [-0.1, -0.05) is 0 Å². The summed E-state index contributed by atoms with van der Waals surface area (Å²) in [6.07, 6.45) is 0. The number of esters is 1. The average molecular weight is 378 g/mol. The molecule has 3 aromatic rings. The van der Waals surface area contributed by atoms with Crippen LogP contribution in [0.5, 0.6) is 0 Å². The summed E-state index contributed by atoms with van der Waals surface area (Å²) in [7, 11) is 1.23. The van der Waals surface area contributed by atoms with Crippen LogP contribution in [0.3, 0.4) is 0 Å². The Labute approximate surface area is 160 Å². The zero-order valence-electron chi connectivity index (χ0n) is 15.8. The van der Waals surface area contributed by atoms with Gasteiger partial charge in [-0.3, -0.25) is 9.20 Å². The van der Waals surface area contributed by atoms with Gasteiger partial charge in [0, 0.05) is 28.1 Å². The third-order valence-electron chi connectivity index (χ3n) is 4.60. The number of nitrogen functional groups attached to an aromatic ring is 1. The molecule has 0 aliphatic heterocycles. The number of nitriles is 1. The molecule has 8 heteroatoms. The van der Waals surface area contributed by atoms with E-state index in [9.17, 15) is 9.59 Å². The molecule has 3 N–H and O–H groups in total. The van der Waals surface area contributed by atoms with Gasteiger partial charge in [-0.05, 0) is 39.0 Å². The summed E-state index contributed by atoms with van der Waals surface area (Å²) in [6, 6.07) is 6.48. The molecule has 0 atom stereocenters. The van der Waals surface area contributed by atoms with Crippen molar-refractivity contribution >= 4 is 28.8 Å². The molecule has 0 unspecified atom stereocenters. The van der Waals surface area contributed by atoms with Gasteiger partial charge in [0.25, 0.3) is 0 Å². The van der Waals surface area contributed by atoms with Gasteiger partial charge < -0.3 is 20.3 Å². The number of anilines is 1. The molecule has 0 spiro atoms. The molecular weight excluding hydrogens is 360 g/mol. The number of aryl methyl sites for hydroxylation is 1. The fourth-order valence-electron chi connectivity index (χ4n) is 3.44. The lowest BCUT2D eigenvalue weighted by Gasteiger charge is -2.17. The number of hydrogen-bond donors (Lipinski definition) is 2. The van der Waals surface area contributed by atoms with Crippen LogP contribution >= 0.6 is 0 Å². The Bertz CT molecular complexity index is 1210. The summed E-state index contributed by atoms with van der Waals surface area (Å²) in [6.45, 7) is 4.65. The number of carbonyl (C=O) groups is 2. The summed E-state index contributed by atoms with van der Waals surface area (Å²) in [5, 5.41) is 17.0. The van der Waals surface area contributed by atoms with Crippen LogP contribution < -0.4 is 5.73 Å². The summed E-state index contributed by atoms with van der Waals surface area (Å²) < 4.78 is 12.1. The van der Waals surface area contributed by atoms with Crippen LogP contribution in [0.2, 0.25) is 0 Å². The largest absolute Gasteiger partial charge is 0.465 e. The maximum Gasteiger partial charge on any atom is 0.340 e. The highest BCUT2D eigenvalue weighted by Gasteiger charge is 2.30. The Hall–Kier alpha value is -3.86. The Morgan fingerprint density at radius 1 is 1.29 bits per heavy atom. The molecular formula is C20H18N4O4. The van der Waals surface area contributed by atoms with Crippen LogP contribution in [0, 0.1) is 23.7 Å². The van der Waals surface area contributed by atoms with Gasteiger partial charge in [-0.15, -0.1) is 0 Å². The molecule has 3 rings (SSSR count). The van der Waals surface area contributed by atoms with E-state index in [1.165, 1.54) is 26.2 Å². The van der Waals surface area contributed by atoms with E-state index in [4.69, 9.17) is 25.6 Å². The first kappa shape index (κ1) is 18.9. The maximum absolute atomic E-state index is 12.7. The van der Waals surface area contributed by atoms with Crippen molar-refractivity contribution in [1.29, 1.82) is 10.7 Å². The van der Waals surface area contributed by atoms with E-state index in [0.717, 1.165) is 0 Å². The maximum atomic E-state index is 12.7. The third kappa shape index (κ3) is 2.65. The summed E-state index contributed by atoms with van der Waals surface area (Å²) in [5.74, 6) is -0.513. The number of furan rings is 1. The van der Waals surface area contributed by atoms with Gasteiger partial charge >= 0.3 is 5.97 Å². The first-order valence-electron chi connectivity index (χ1n) is 8.35. The number of aromatic nitrogens is 1. The molecule has 0 bridgehead atoms. The first-order chi connectivity index (χ1) is 13.2. The van der Waals surface area contributed by atoms with E-state index in [1.54, 1.807) is 24.3 Å². The third-order valence-corrected chi connectivity index (χ3v) is 4.60. The Balaban J connectivity index is 2.61. The summed E-state index contributed by atoms with van der Waals surface area (Å²) >= 11 is 0. The number of nitrogens with zero attached hydrogens (tertiary/aromatic N) is 2.